The van der Waals surface area contributed by atoms with Gasteiger partial charge in [-0.2, -0.15) is 0 Å². The number of carbonyl (C=O) groups is 1. The maximum absolute atomic E-state index is 10.7. The highest BCUT2D eigenvalue weighted by atomic mass is 16.5. The molecule has 1 fully saturated rings. The lowest BCUT2D eigenvalue weighted by molar-refractivity contribution is -0.110. The minimum Gasteiger partial charge on any atom is -0.493 e. The molecular weight excluding hydrogens is 266 g/mol. The summed E-state index contributed by atoms with van der Waals surface area (Å²) >= 11 is 0. The zero-order chi connectivity index (χ0) is 15.1. The lowest BCUT2D eigenvalue weighted by atomic mass is 9.93. The van der Waals surface area contributed by atoms with E-state index in [4.69, 9.17) is 9.47 Å². The standard InChI is InChI=1S/C17H25NO3/c1-13-7-8-14(11-17(13)21-10-4-9-20-2)15-5-3-6-16(15)18-12-19/h7-8,11-12,15-16H,3-6,9-10H2,1-2H3,(H,18,19). The molecule has 0 aromatic heterocycles. The Morgan fingerprint density at radius 3 is 2.95 bits per heavy atom. The number of hydrogen-bond donors (Lipinski definition) is 1. The van der Waals surface area contributed by atoms with Crippen LogP contribution in [0.3, 0.4) is 0 Å². The Bertz CT molecular complexity index is 461. The average Bonchev–Trinajstić information content (AvgIpc) is 2.94. The van der Waals surface area contributed by atoms with Crippen LogP contribution in [0.5, 0.6) is 5.75 Å². The summed E-state index contributed by atoms with van der Waals surface area (Å²) in [5.74, 6) is 1.34. The fraction of sp³-hybridized carbons (Fsp3) is 0.588. The molecule has 1 aliphatic carbocycles. The van der Waals surface area contributed by atoms with Crippen LogP contribution in [0.15, 0.2) is 18.2 Å². The number of amides is 1. The van der Waals surface area contributed by atoms with Gasteiger partial charge in [-0.05, 0) is 37.0 Å². The normalized spacial score (nSPS) is 21.2. The summed E-state index contributed by atoms with van der Waals surface area (Å²) in [5, 5.41) is 2.95. The van der Waals surface area contributed by atoms with Crippen molar-refractivity contribution in [2.75, 3.05) is 20.3 Å². The quantitative estimate of drug-likeness (QED) is 0.592. The van der Waals surface area contributed by atoms with Crippen LogP contribution >= 0.6 is 0 Å². The van der Waals surface area contributed by atoms with Gasteiger partial charge in [-0.15, -0.1) is 0 Å². The first kappa shape index (κ1) is 15.8. The number of hydrogen-bond acceptors (Lipinski definition) is 3. The molecule has 0 aliphatic heterocycles. The predicted molar refractivity (Wildman–Crippen MR) is 82.7 cm³/mol. The Balaban J connectivity index is 2.05. The van der Waals surface area contributed by atoms with Crippen molar-refractivity contribution in [1.82, 2.24) is 5.32 Å². The van der Waals surface area contributed by atoms with Crippen molar-refractivity contribution in [1.29, 1.82) is 0 Å². The van der Waals surface area contributed by atoms with Crippen LogP contribution in [0, 0.1) is 6.92 Å². The van der Waals surface area contributed by atoms with Crippen LogP contribution in [0.1, 0.15) is 42.7 Å². The largest absolute Gasteiger partial charge is 0.493 e. The molecule has 0 spiro atoms. The van der Waals surface area contributed by atoms with Gasteiger partial charge < -0.3 is 14.8 Å². The van der Waals surface area contributed by atoms with Crippen LogP contribution < -0.4 is 10.1 Å². The van der Waals surface area contributed by atoms with Gasteiger partial charge in [0.1, 0.15) is 5.75 Å². The summed E-state index contributed by atoms with van der Waals surface area (Å²) in [7, 11) is 1.70. The van der Waals surface area contributed by atoms with E-state index in [2.05, 4.69) is 30.4 Å². The molecule has 2 unspecified atom stereocenters. The topological polar surface area (TPSA) is 47.6 Å². The van der Waals surface area contributed by atoms with Gasteiger partial charge in [0, 0.05) is 32.1 Å². The molecule has 1 aromatic carbocycles. The van der Waals surface area contributed by atoms with E-state index in [1.165, 1.54) is 5.56 Å². The molecule has 116 valence electrons. The summed E-state index contributed by atoms with van der Waals surface area (Å²) in [4.78, 5) is 10.7. The molecule has 1 aliphatic rings. The Morgan fingerprint density at radius 2 is 2.19 bits per heavy atom. The second-order valence-corrected chi connectivity index (χ2v) is 5.65. The first-order chi connectivity index (χ1) is 10.3. The molecule has 2 atom stereocenters. The van der Waals surface area contributed by atoms with Crippen molar-refractivity contribution in [3.63, 3.8) is 0 Å². The summed E-state index contributed by atoms with van der Waals surface area (Å²) in [5.41, 5.74) is 2.41. The number of benzene rings is 1. The molecule has 0 saturated heterocycles. The van der Waals surface area contributed by atoms with Crippen LogP contribution in [-0.4, -0.2) is 32.8 Å². The average molecular weight is 291 g/mol. The third-order valence-electron chi connectivity index (χ3n) is 4.19. The van der Waals surface area contributed by atoms with E-state index in [0.29, 0.717) is 19.1 Å². The fourth-order valence-electron chi connectivity index (χ4n) is 3.03. The first-order valence-electron chi connectivity index (χ1n) is 7.68. The molecule has 1 N–H and O–H groups in total. The van der Waals surface area contributed by atoms with Crippen molar-refractivity contribution in [3.8, 4) is 5.75 Å². The summed E-state index contributed by atoms with van der Waals surface area (Å²) in [6, 6.07) is 6.66. The van der Waals surface area contributed by atoms with E-state index < -0.39 is 0 Å². The van der Waals surface area contributed by atoms with Gasteiger partial charge >= 0.3 is 0 Å². The van der Waals surface area contributed by atoms with Gasteiger partial charge in [-0.3, -0.25) is 4.79 Å². The minimum absolute atomic E-state index is 0.256. The second-order valence-electron chi connectivity index (χ2n) is 5.65. The van der Waals surface area contributed by atoms with Gasteiger partial charge in [0.25, 0.3) is 0 Å². The van der Waals surface area contributed by atoms with Crippen LogP contribution in [-0.2, 0) is 9.53 Å². The summed E-state index contributed by atoms with van der Waals surface area (Å²) in [6.45, 7) is 3.44. The molecule has 4 nitrogen and oxygen atoms in total. The molecule has 4 heteroatoms. The number of ether oxygens (including phenoxy) is 2. The van der Waals surface area contributed by atoms with Gasteiger partial charge in [0.05, 0.1) is 6.61 Å². The van der Waals surface area contributed by atoms with Crippen LogP contribution in [0.2, 0.25) is 0 Å². The number of carbonyl (C=O) groups excluding carboxylic acids is 1. The smallest absolute Gasteiger partial charge is 0.207 e. The van der Waals surface area contributed by atoms with Crippen molar-refractivity contribution in [2.45, 2.75) is 44.6 Å². The van der Waals surface area contributed by atoms with E-state index in [0.717, 1.165) is 43.4 Å². The van der Waals surface area contributed by atoms with Crippen molar-refractivity contribution in [3.05, 3.63) is 29.3 Å². The highest BCUT2D eigenvalue weighted by Gasteiger charge is 2.28. The van der Waals surface area contributed by atoms with Gasteiger partial charge in [0.2, 0.25) is 6.41 Å². The van der Waals surface area contributed by atoms with E-state index in [9.17, 15) is 4.79 Å². The zero-order valence-corrected chi connectivity index (χ0v) is 12.9. The Labute approximate surface area is 126 Å². The van der Waals surface area contributed by atoms with Crippen molar-refractivity contribution >= 4 is 6.41 Å². The van der Waals surface area contributed by atoms with Crippen LogP contribution in [0.4, 0.5) is 0 Å². The molecule has 0 heterocycles. The monoisotopic (exact) mass is 291 g/mol. The van der Waals surface area contributed by atoms with E-state index >= 15 is 0 Å². The molecule has 1 aromatic rings. The molecular formula is C17H25NO3. The number of rotatable bonds is 8. The highest BCUT2D eigenvalue weighted by molar-refractivity contribution is 5.48. The third kappa shape index (κ3) is 4.21. The third-order valence-corrected chi connectivity index (χ3v) is 4.19. The Hall–Kier alpha value is -1.55. The van der Waals surface area contributed by atoms with Crippen LogP contribution in [0.25, 0.3) is 0 Å². The molecule has 1 amide bonds. The number of nitrogens with one attached hydrogen (secondary N) is 1. The lowest BCUT2D eigenvalue weighted by Crippen LogP contribution is -2.29. The summed E-state index contributed by atoms with van der Waals surface area (Å²) < 4.78 is 10.9. The lowest BCUT2D eigenvalue weighted by Gasteiger charge is -2.20. The maximum atomic E-state index is 10.7. The zero-order valence-electron chi connectivity index (χ0n) is 12.9. The maximum Gasteiger partial charge on any atom is 0.207 e. The summed E-state index contributed by atoms with van der Waals surface area (Å²) in [6.07, 6.45) is 5.05. The molecule has 1 saturated carbocycles. The number of aryl methyl sites for hydroxylation is 1. The van der Waals surface area contributed by atoms with Gasteiger partial charge in [-0.25, -0.2) is 0 Å². The second kappa shape index (κ2) is 8.03. The van der Waals surface area contributed by atoms with Crippen molar-refractivity contribution < 1.29 is 14.3 Å². The first-order valence-corrected chi connectivity index (χ1v) is 7.68. The van der Waals surface area contributed by atoms with E-state index in [-0.39, 0.29) is 6.04 Å². The van der Waals surface area contributed by atoms with E-state index in [1.807, 2.05) is 0 Å². The van der Waals surface area contributed by atoms with Gasteiger partial charge in [0.15, 0.2) is 0 Å². The molecule has 0 radical (unpaired) electrons. The SMILES string of the molecule is COCCCOc1cc(C2CCCC2NC=O)ccc1C. The highest BCUT2D eigenvalue weighted by Crippen LogP contribution is 2.36. The fourth-order valence-corrected chi connectivity index (χ4v) is 3.03. The molecule has 0 bridgehead atoms. The van der Waals surface area contributed by atoms with Gasteiger partial charge in [-0.1, -0.05) is 18.6 Å². The predicted octanol–water partition coefficient (Wildman–Crippen LogP) is 2.79. The Morgan fingerprint density at radius 1 is 1.33 bits per heavy atom. The number of methoxy groups -OCH3 is 1. The Kier molecular flexibility index (Phi) is 6.05. The molecule has 21 heavy (non-hydrogen) atoms. The van der Waals surface area contributed by atoms with E-state index in [1.54, 1.807) is 7.11 Å². The van der Waals surface area contributed by atoms with Crippen molar-refractivity contribution in [2.24, 2.45) is 0 Å². The minimum atomic E-state index is 0.256. The molecule has 2 rings (SSSR count).